The number of esters is 1. The van der Waals surface area contributed by atoms with Crippen molar-refractivity contribution in [3.05, 3.63) is 65.2 Å². The van der Waals surface area contributed by atoms with E-state index in [1.807, 2.05) is 0 Å². The Morgan fingerprint density at radius 1 is 1.15 bits per heavy atom. The normalized spacial score (nSPS) is 10.2. The minimum Gasteiger partial charge on any atom is -0.489 e. The molecule has 1 N–H and O–H groups in total. The fourth-order valence-electron chi connectivity index (χ4n) is 1.96. The number of amides is 1. The van der Waals surface area contributed by atoms with Crippen molar-refractivity contribution < 1.29 is 19.1 Å². The molecule has 0 aliphatic carbocycles. The number of methoxy groups -OCH3 is 1. The third-order valence-corrected chi connectivity index (χ3v) is 3.30. The Balaban J connectivity index is 1.85. The molecule has 0 radical (unpaired) electrons. The van der Waals surface area contributed by atoms with Crippen molar-refractivity contribution in [3.63, 3.8) is 0 Å². The average molecular weight is 351 g/mol. The van der Waals surface area contributed by atoms with Crippen LogP contribution in [-0.2, 0) is 16.1 Å². The van der Waals surface area contributed by atoms with E-state index in [2.05, 4.69) is 15.3 Å². The number of rotatable bonds is 7. The van der Waals surface area contributed by atoms with Crippen molar-refractivity contribution in [2.45, 2.75) is 13.0 Å². The average Bonchev–Trinajstić information content (AvgIpc) is 2.67. The van der Waals surface area contributed by atoms with Crippen LogP contribution in [0.1, 0.15) is 27.9 Å². The molecule has 0 saturated heterocycles. The van der Waals surface area contributed by atoms with Crippen LogP contribution in [0.2, 0.25) is 0 Å². The van der Waals surface area contributed by atoms with E-state index in [1.165, 1.54) is 13.3 Å². The van der Waals surface area contributed by atoms with Crippen molar-refractivity contribution in [1.82, 2.24) is 5.43 Å². The number of hydrazone groups is 1. The van der Waals surface area contributed by atoms with Crippen LogP contribution in [0, 0.1) is 11.3 Å². The maximum Gasteiger partial charge on any atom is 0.337 e. The van der Waals surface area contributed by atoms with Gasteiger partial charge in [-0.05, 0) is 47.5 Å². The first-order valence-electron chi connectivity index (χ1n) is 7.71. The van der Waals surface area contributed by atoms with Crippen LogP contribution in [-0.4, -0.2) is 25.2 Å². The summed E-state index contributed by atoms with van der Waals surface area (Å²) in [6, 6.07) is 15.8. The molecule has 0 aromatic heterocycles. The van der Waals surface area contributed by atoms with Gasteiger partial charge in [0, 0.05) is 0 Å². The molecule has 0 aliphatic rings. The van der Waals surface area contributed by atoms with Gasteiger partial charge in [0.15, 0.2) is 0 Å². The highest BCUT2D eigenvalue weighted by Gasteiger charge is 2.04. The number of nitriles is 1. The van der Waals surface area contributed by atoms with Gasteiger partial charge in [0.25, 0.3) is 5.91 Å². The molecule has 7 heteroatoms. The summed E-state index contributed by atoms with van der Waals surface area (Å²) in [5.41, 5.74) is 4.44. The van der Waals surface area contributed by atoms with E-state index < -0.39 is 5.91 Å². The van der Waals surface area contributed by atoms with Gasteiger partial charge in [-0.3, -0.25) is 4.79 Å². The molecule has 0 aliphatic heterocycles. The molecule has 2 aromatic carbocycles. The van der Waals surface area contributed by atoms with Crippen molar-refractivity contribution in [3.8, 4) is 11.8 Å². The largest absolute Gasteiger partial charge is 0.489 e. The van der Waals surface area contributed by atoms with E-state index in [1.54, 1.807) is 54.6 Å². The lowest BCUT2D eigenvalue weighted by atomic mass is 10.1. The molecule has 0 heterocycles. The van der Waals surface area contributed by atoms with Gasteiger partial charge < -0.3 is 9.47 Å². The number of carbonyl (C=O) groups excluding carboxylic acids is 2. The number of nitrogens with one attached hydrogen (secondary N) is 1. The number of ether oxygens (including phenoxy) is 2. The van der Waals surface area contributed by atoms with E-state index in [0.29, 0.717) is 17.9 Å². The zero-order chi connectivity index (χ0) is 18.8. The predicted molar refractivity (Wildman–Crippen MR) is 94.5 cm³/mol. The Morgan fingerprint density at radius 3 is 2.46 bits per heavy atom. The fraction of sp³-hybridized carbons (Fsp3) is 0.158. The number of benzene rings is 2. The molecule has 0 atom stereocenters. The lowest BCUT2D eigenvalue weighted by Gasteiger charge is -2.07. The van der Waals surface area contributed by atoms with Crippen LogP contribution in [0.25, 0.3) is 0 Å². The maximum absolute atomic E-state index is 11.4. The molecule has 2 rings (SSSR count). The second-order valence-corrected chi connectivity index (χ2v) is 5.17. The maximum atomic E-state index is 11.4. The summed E-state index contributed by atoms with van der Waals surface area (Å²) in [7, 11) is 1.34. The van der Waals surface area contributed by atoms with Gasteiger partial charge in [0.2, 0.25) is 0 Å². The molecule has 0 spiro atoms. The van der Waals surface area contributed by atoms with Gasteiger partial charge >= 0.3 is 5.97 Å². The highest BCUT2D eigenvalue weighted by Crippen LogP contribution is 2.14. The van der Waals surface area contributed by atoms with E-state index in [-0.39, 0.29) is 12.4 Å². The van der Waals surface area contributed by atoms with Gasteiger partial charge in [-0.1, -0.05) is 12.1 Å². The summed E-state index contributed by atoms with van der Waals surface area (Å²) in [5, 5.41) is 12.1. The topological polar surface area (TPSA) is 101 Å². The van der Waals surface area contributed by atoms with Crippen LogP contribution in [0.4, 0.5) is 0 Å². The van der Waals surface area contributed by atoms with Gasteiger partial charge in [-0.15, -0.1) is 0 Å². The summed E-state index contributed by atoms with van der Waals surface area (Å²) in [6.45, 7) is 0.360. The van der Waals surface area contributed by atoms with Crippen LogP contribution in [0.5, 0.6) is 5.75 Å². The summed E-state index contributed by atoms with van der Waals surface area (Å²) < 4.78 is 10.3. The monoisotopic (exact) mass is 351 g/mol. The molecule has 0 saturated carbocycles. The number of hydrogen-bond acceptors (Lipinski definition) is 6. The molecule has 132 valence electrons. The lowest BCUT2D eigenvalue weighted by Crippen LogP contribution is -2.16. The molecular weight excluding hydrogens is 334 g/mol. The summed E-state index contributed by atoms with van der Waals surface area (Å²) >= 11 is 0. The third-order valence-electron chi connectivity index (χ3n) is 3.30. The molecule has 26 heavy (non-hydrogen) atoms. The van der Waals surface area contributed by atoms with Gasteiger partial charge in [-0.25, -0.2) is 10.2 Å². The molecule has 0 bridgehead atoms. The fourth-order valence-corrected chi connectivity index (χ4v) is 1.96. The minimum atomic E-state index is -0.457. The Hall–Kier alpha value is -3.66. The summed E-state index contributed by atoms with van der Waals surface area (Å²) in [5.74, 6) is -0.159. The molecule has 0 unspecified atom stereocenters. The minimum absolute atomic E-state index is 0.231. The Labute approximate surface area is 150 Å². The first-order valence-corrected chi connectivity index (χ1v) is 7.71. The zero-order valence-corrected chi connectivity index (χ0v) is 14.1. The standard InChI is InChI=1S/C19H17N3O4/c1-25-19(24)16-6-2-15(3-7-16)13-26-17-8-4-14(5-9-17)12-21-22-18(23)10-11-20/h2-9,12H,10,13H2,1H3,(H,22,23). The van der Waals surface area contributed by atoms with E-state index in [4.69, 9.17) is 10.00 Å². The van der Waals surface area contributed by atoms with Crippen LogP contribution in [0.3, 0.4) is 0 Å². The highest BCUT2D eigenvalue weighted by atomic mass is 16.5. The molecule has 7 nitrogen and oxygen atoms in total. The highest BCUT2D eigenvalue weighted by molar-refractivity contribution is 5.89. The SMILES string of the molecule is COC(=O)c1ccc(COc2ccc(C=NNC(=O)CC#N)cc2)cc1. The van der Waals surface area contributed by atoms with E-state index >= 15 is 0 Å². The molecule has 2 aromatic rings. The van der Waals surface area contributed by atoms with Crippen LogP contribution >= 0.6 is 0 Å². The second-order valence-electron chi connectivity index (χ2n) is 5.17. The number of hydrogen-bond donors (Lipinski definition) is 1. The van der Waals surface area contributed by atoms with Crippen molar-refractivity contribution in [1.29, 1.82) is 5.26 Å². The van der Waals surface area contributed by atoms with E-state index in [9.17, 15) is 9.59 Å². The summed E-state index contributed by atoms with van der Waals surface area (Å²) in [4.78, 5) is 22.5. The van der Waals surface area contributed by atoms with Crippen molar-refractivity contribution in [2.24, 2.45) is 5.10 Å². The predicted octanol–water partition coefficient (Wildman–Crippen LogP) is 2.42. The molecule has 1 amide bonds. The Morgan fingerprint density at radius 2 is 1.85 bits per heavy atom. The first-order chi connectivity index (χ1) is 12.6. The first kappa shape index (κ1) is 18.7. The summed E-state index contributed by atoms with van der Waals surface area (Å²) in [6.07, 6.45) is 1.25. The van der Waals surface area contributed by atoms with Crippen molar-refractivity contribution >= 4 is 18.1 Å². The van der Waals surface area contributed by atoms with Crippen LogP contribution < -0.4 is 10.2 Å². The molecular formula is C19H17N3O4. The Kier molecular flexibility index (Phi) is 6.89. The van der Waals surface area contributed by atoms with E-state index in [0.717, 1.165) is 11.1 Å². The van der Waals surface area contributed by atoms with Crippen molar-refractivity contribution in [2.75, 3.05) is 7.11 Å². The van der Waals surface area contributed by atoms with Gasteiger partial charge in [0.1, 0.15) is 18.8 Å². The lowest BCUT2D eigenvalue weighted by molar-refractivity contribution is -0.120. The van der Waals surface area contributed by atoms with Gasteiger partial charge in [-0.2, -0.15) is 10.4 Å². The van der Waals surface area contributed by atoms with Crippen LogP contribution in [0.15, 0.2) is 53.6 Å². The number of carbonyl (C=O) groups is 2. The smallest absolute Gasteiger partial charge is 0.337 e. The zero-order valence-electron chi connectivity index (χ0n) is 14.1. The second kappa shape index (κ2) is 9.59. The third kappa shape index (κ3) is 5.76. The molecule has 0 fully saturated rings. The Bertz CT molecular complexity index is 821. The quantitative estimate of drug-likeness (QED) is 0.469. The number of nitrogens with zero attached hydrogens (tertiary/aromatic N) is 2. The van der Waals surface area contributed by atoms with Gasteiger partial charge in [0.05, 0.1) is 25.0 Å².